The van der Waals surface area contributed by atoms with Gasteiger partial charge in [-0.2, -0.15) is 0 Å². The first-order valence-electron chi connectivity index (χ1n) is 9.74. The standard InChI is InChI=1S/C21H22BrFN2O5S/c1-21(2,3)30-20(26)18-15(5-6-16-19(18)29-11-13-8-9-25(13)16)24-31(27,28)17-7-4-12(23)10-14(17)22/h4-7,10,13,24H,8-9,11H2,1-3H3/t13-/m1/s1. The van der Waals surface area contributed by atoms with Crippen molar-refractivity contribution in [2.45, 2.75) is 43.7 Å². The van der Waals surface area contributed by atoms with Gasteiger partial charge in [-0.15, -0.1) is 0 Å². The van der Waals surface area contributed by atoms with E-state index in [1.54, 1.807) is 26.8 Å². The first-order chi connectivity index (χ1) is 14.5. The molecule has 1 fully saturated rings. The highest BCUT2D eigenvalue weighted by Gasteiger charge is 2.38. The van der Waals surface area contributed by atoms with Crippen LogP contribution in [0.3, 0.4) is 0 Å². The van der Waals surface area contributed by atoms with Gasteiger partial charge in [0.15, 0.2) is 5.75 Å². The molecule has 1 N–H and O–H groups in total. The predicted octanol–water partition coefficient (Wildman–Crippen LogP) is 4.32. The molecule has 31 heavy (non-hydrogen) atoms. The Labute approximate surface area is 188 Å². The summed E-state index contributed by atoms with van der Waals surface area (Å²) < 4.78 is 53.4. The minimum atomic E-state index is -4.14. The fraction of sp³-hybridized carbons (Fsp3) is 0.381. The van der Waals surface area contributed by atoms with Gasteiger partial charge in [0.25, 0.3) is 10.0 Å². The lowest BCUT2D eigenvalue weighted by Gasteiger charge is -2.47. The topological polar surface area (TPSA) is 84.9 Å². The molecule has 0 amide bonds. The van der Waals surface area contributed by atoms with Crippen molar-refractivity contribution >= 4 is 43.3 Å². The van der Waals surface area contributed by atoms with E-state index in [-0.39, 0.29) is 26.7 Å². The third-order valence-electron chi connectivity index (χ3n) is 5.04. The Morgan fingerprint density at radius 3 is 2.65 bits per heavy atom. The lowest BCUT2D eigenvalue weighted by atomic mass is 9.98. The molecule has 166 valence electrons. The first kappa shape index (κ1) is 21.9. The molecule has 1 atom stereocenters. The number of fused-ring (bicyclic) bond motifs is 3. The highest BCUT2D eigenvalue weighted by atomic mass is 79.9. The molecule has 4 rings (SSSR count). The van der Waals surface area contributed by atoms with Crippen LogP contribution in [0.15, 0.2) is 39.7 Å². The number of carbonyl (C=O) groups is 1. The zero-order valence-corrected chi connectivity index (χ0v) is 19.6. The van der Waals surface area contributed by atoms with Crippen LogP contribution in [0.2, 0.25) is 0 Å². The van der Waals surface area contributed by atoms with E-state index in [1.807, 2.05) is 0 Å². The molecule has 10 heteroatoms. The number of hydrogen-bond acceptors (Lipinski definition) is 6. The molecule has 0 radical (unpaired) electrons. The summed E-state index contributed by atoms with van der Waals surface area (Å²) in [6.07, 6.45) is 0.994. The second kappa shape index (κ2) is 7.67. The highest BCUT2D eigenvalue weighted by Crippen LogP contribution is 2.45. The Morgan fingerprint density at radius 2 is 2.03 bits per heavy atom. The van der Waals surface area contributed by atoms with Gasteiger partial charge in [-0.1, -0.05) is 0 Å². The van der Waals surface area contributed by atoms with Crippen molar-refractivity contribution in [3.8, 4) is 5.75 Å². The number of hydrogen-bond donors (Lipinski definition) is 1. The van der Waals surface area contributed by atoms with Crippen molar-refractivity contribution in [1.29, 1.82) is 0 Å². The summed E-state index contributed by atoms with van der Waals surface area (Å²) in [5.41, 5.74) is -0.0128. The molecule has 0 saturated carbocycles. The number of esters is 1. The number of rotatable bonds is 4. The lowest BCUT2D eigenvalue weighted by molar-refractivity contribution is 0.00660. The zero-order chi connectivity index (χ0) is 22.6. The molecule has 0 unspecified atom stereocenters. The Balaban J connectivity index is 1.79. The highest BCUT2D eigenvalue weighted by molar-refractivity contribution is 9.10. The van der Waals surface area contributed by atoms with E-state index >= 15 is 0 Å². The molecule has 2 heterocycles. The van der Waals surface area contributed by atoms with Crippen LogP contribution in [0, 0.1) is 5.82 Å². The molecule has 7 nitrogen and oxygen atoms in total. The minimum Gasteiger partial charge on any atom is -0.488 e. The molecule has 0 spiro atoms. The SMILES string of the molecule is CC(C)(C)OC(=O)c1c(NS(=O)(=O)c2ccc(F)cc2Br)ccc2c1OC[C@H]1CCN21. The van der Waals surface area contributed by atoms with Crippen molar-refractivity contribution in [3.63, 3.8) is 0 Å². The van der Waals surface area contributed by atoms with Crippen LogP contribution in [-0.4, -0.2) is 39.2 Å². The van der Waals surface area contributed by atoms with E-state index in [2.05, 4.69) is 25.6 Å². The van der Waals surface area contributed by atoms with Gasteiger partial charge in [0.2, 0.25) is 0 Å². The van der Waals surface area contributed by atoms with Crippen LogP contribution in [-0.2, 0) is 14.8 Å². The normalized spacial score (nSPS) is 17.7. The maximum Gasteiger partial charge on any atom is 0.344 e. The van der Waals surface area contributed by atoms with Gasteiger partial charge in [0, 0.05) is 11.0 Å². The van der Waals surface area contributed by atoms with Gasteiger partial charge in [0.05, 0.1) is 17.4 Å². The average Bonchev–Trinajstić information content (AvgIpc) is 2.59. The van der Waals surface area contributed by atoms with Crippen molar-refractivity contribution in [2.75, 3.05) is 22.8 Å². The molecule has 0 aliphatic carbocycles. The summed E-state index contributed by atoms with van der Waals surface area (Å²) in [4.78, 5) is 15.0. The Hall–Kier alpha value is -2.33. The number of sulfonamides is 1. The van der Waals surface area contributed by atoms with E-state index in [9.17, 15) is 17.6 Å². The zero-order valence-electron chi connectivity index (χ0n) is 17.2. The third kappa shape index (κ3) is 4.23. The van der Waals surface area contributed by atoms with Gasteiger partial charge in [0.1, 0.15) is 28.5 Å². The minimum absolute atomic E-state index is 0.0135. The van der Waals surface area contributed by atoms with Crippen molar-refractivity contribution in [3.05, 3.63) is 46.2 Å². The lowest BCUT2D eigenvalue weighted by Crippen LogP contribution is -2.53. The number of nitrogens with zero attached hydrogens (tertiary/aromatic N) is 1. The Kier molecular flexibility index (Phi) is 5.41. The monoisotopic (exact) mass is 512 g/mol. The van der Waals surface area contributed by atoms with Gasteiger partial charge in [-0.05, 0) is 73.5 Å². The van der Waals surface area contributed by atoms with Crippen LogP contribution in [0.25, 0.3) is 0 Å². The van der Waals surface area contributed by atoms with Crippen LogP contribution in [0.5, 0.6) is 5.75 Å². The second-order valence-corrected chi connectivity index (χ2v) is 11.0. The van der Waals surface area contributed by atoms with Crippen LogP contribution >= 0.6 is 15.9 Å². The van der Waals surface area contributed by atoms with Crippen molar-refractivity contribution in [2.24, 2.45) is 0 Å². The van der Waals surface area contributed by atoms with Crippen molar-refractivity contribution in [1.82, 2.24) is 0 Å². The number of benzene rings is 2. The molecule has 0 aromatic heterocycles. The van der Waals surface area contributed by atoms with Crippen LogP contribution in [0.4, 0.5) is 15.8 Å². The van der Waals surface area contributed by atoms with E-state index in [0.717, 1.165) is 36.9 Å². The molecule has 2 aromatic rings. The van der Waals surface area contributed by atoms with Crippen LogP contribution < -0.4 is 14.4 Å². The fourth-order valence-corrected chi connectivity index (χ4v) is 5.69. The van der Waals surface area contributed by atoms with Gasteiger partial charge >= 0.3 is 5.97 Å². The van der Waals surface area contributed by atoms with Crippen LogP contribution in [0.1, 0.15) is 37.6 Å². The number of carbonyl (C=O) groups excluding carboxylic acids is 1. The van der Waals surface area contributed by atoms with E-state index in [0.29, 0.717) is 12.4 Å². The smallest absolute Gasteiger partial charge is 0.344 e. The van der Waals surface area contributed by atoms with E-state index < -0.39 is 27.4 Å². The molecule has 1 saturated heterocycles. The van der Waals surface area contributed by atoms with Gasteiger partial charge in [-0.3, -0.25) is 4.72 Å². The molecular formula is C21H22BrFN2O5S. The molecule has 2 aliphatic heterocycles. The fourth-order valence-electron chi connectivity index (χ4n) is 3.56. The maximum absolute atomic E-state index is 13.4. The summed E-state index contributed by atoms with van der Waals surface area (Å²) in [5, 5.41) is 0. The number of halogens is 2. The predicted molar refractivity (Wildman–Crippen MR) is 118 cm³/mol. The van der Waals surface area contributed by atoms with E-state index in [4.69, 9.17) is 9.47 Å². The summed E-state index contributed by atoms with van der Waals surface area (Å²) in [6.45, 7) is 6.43. The summed E-state index contributed by atoms with van der Waals surface area (Å²) in [7, 11) is -4.14. The number of nitrogens with one attached hydrogen (secondary N) is 1. The molecular weight excluding hydrogens is 491 g/mol. The third-order valence-corrected chi connectivity index (χ3v) is 7.38. The summed E-state index contributed by atoms with van der Waals surface area (Å²) in [5.74, 6) is -0.977. The van der Waals surface area contributed by atoms with Crippen molar-refractivity contribution < 1.29 is 27.1 Å². The Bertz CT molecular complexity index is 1160. The quantitative estimate of drug-likeness (QED) is 0.614. The molecule has 2 aromatic carbocycles. The average molecular weight is 513 g/mol. The molecule has 2 aliphatic rings. The largest absolute Gasteiger partial charge is 0.488 e. The van der Waals surface area contributed by atoms with E-state index in [1.165, 1.54) is 6.07 Å². The summed E-state index contributed by atoms with van der Waals surface area (Å²) >= 11 is 3.08. The Morgan fingerprint density at radius 1 is 1.29 bits per heavy atom. The first-order valence-corrected chi connectivity index (χ1v) is 12.0. The number of anilines is 2. The molecule has 0 bridgehead atoms. The second-order valence-electron chi connectivity index (χ2n) is 8.47. The van der Waals surface area contributed by atoms with Gasteiger partial charge in [-0.25, -0.2) is 17.6 Å². The summed E-state index contributed by atoms with van der Waals surface area (Å²) in [6, 6.07) is 6.76. The van der Waals surface area contributed by atoms with Gasteiger partial charge < -0.3 is 14.4 Å². The maximum atomic E-state index is 13.4. The number of ether oxygens (including phenoxy) is 2.